The monoisotopic (exact) mass is 537 g/mol. The molecule has 3 fully saturated rings. The molecule has 4 nitrogen and oxygen atoms in total. The molecule has 3 aliphatic rings. The van der Waals surface area contributed by atoms with Gasteiger partial charge in [-0.05, 0) is 88.3 Å². The molecule has 0 aromatic heterocycles. The minimum atomic E-state index is -4.13. The van der Waals surface area contributed by atoms with Crippen LogP contribution in [0.3, 0.4) is 0 Å². The number of piperidine rings is 1. The second-order valence-corrected chi connectivity index (χ2v) is 11.7. The third-order valence-electron chi connectivity index (χ3n) is 8.35. The van der Waals surface area contributed by atoms with Crippen molar-refractivity contribution in [1.29, 1.82) is 0 Å². The topological polar surface area (TPSA) is 38.8 Å². The highest BCUT2D eigenvalue weighted by molar-refractivity contribution is 6.37. The zero-order chi connectivity index (χ0) is 26.3. The number of esters is 1. The summed E-state index contributed by atoms with van der Waals surface area (Å²) < 4.78 is 50.6. The zero-order valence-electron chi connectivity index (χ0n) is 21.4. The first-order valence-electron chi connectivity index (χ1n) is 13.5. The van der Waals surface area contributed by atoms with Gasteiger partial charge in [-0.15, -0.1) is 0 Å². The molecule has 2 aromatic rings. The summed E-state index contributed by atoms with van der Waals surface area (Å²) in [5.41, 5.74) is 1.15. The summed E-state index contributed by atoms with van der Waals surface area (Å²) in [6, 6.07) is 10.8. The summed E-state index contributed by atoms with van der Waals surface area (Å²) in [6.07, 6.45) is 0.340. The fraction of sp³-hybridized carbons (Fsp3) is 0.621. The van der Waals surface area contributed by atoms with E-state index in [0.717, 1.165) is 48.6 Å². The van der Waals surface area contributed by atoms with Gasteiger partial charge in [0, 0.05) is 24.0 Å². The van der Waals surface area contributed by atoms with E-state index < -0.39 is 12.1 Å². The van der Waals surface area contributed by atoms with E-state index in [2.05, 4.69) is 23.1 Å². The molecule has 1 saturated carbocycles. The van der Waals surface area contributed by atoms with Crippen LogP contribution in [0.2, 0.25) is 5.02 Å². The van der Waals surface area contributed by atoms with E-state index in [-0.39, 0.29) is 36.9 Å². The summed E-state index contributed by atoms with van der Waals surface area (Å²) in [7, 11) is 0. The number of hydrogen-bond donors (Lipinski definition) is 0. The maximum absolute atomic E-state index is 13.0. The Labute approximate surface area is 221 Å². The molecule has 2 bridgehead atoms. The Morgan fingerprint density at radius 3 is 2.30 bits per heavy atom. The number of ether oxygens (including phenoxy) is 2. The van der Waals surface area contributed by atoms with Gasteiger partial charge in [0.05, 0.1) is 29.1 Å². The van der Waals surface area contributed by atoms with Crippen LogP contribution in [0.5, 0.6) is 5.75 Å². The molecule has 0 spiro atoms. The number of hydrogen-bond acceptors (Lipinski definition) is 4. The predicted octanol–water partition coefficient (Wildman–Crippen LogP) is 7.69. The molecule has 2 aliphatic heterocycles. The normalized spacial score (nSPS) is 28.6. The second-order valence-electron chi connectivity index (χ2n) is 11.3. The van der Waals surface area contributed by atoms with Crippen molar-refractivity contribution in [2.75, 3.05) is 0 Å². The van der Waals surface area contributed by atoms with Crippen LogP contribution >= 0.6 is 11.6 Å². The summed E-state index contributed by atoms with van der Waals surface area (Å²) in [6.45, 7) is 4.57. The van der Waals surface area contributed by atoms with Crippen LogP contribution in [0.25, 0.3) is 10.8 Å². The molecule has 8 heteroatoms. The molecule has 2 atom stereocenters. The summed E-state index contributed by atoms with van der Waals surface area (Å²) in [4.78, 5) is 15.0. The molecular weight excluding hydrogens is 503 g/mol. The number of fused-ring (bicyclic) bond motifs is 3. The van der Waals surface area contributed by atoms with Gasteiger partial charge in [-0.3, -0.25) is 9.69 Å². The fourth-order valence-electron chi connectivity index (χ4n) is 6.45. The van der Waals surface area contributed by atoms with E-state index in [1.54, 1.807) is 0 Å². The highest BCUT2D eigenvalue weighted by atomic mass is 35.5. The lowest BCUT2D eigenvalue weighted by molar-refractivity contribution is -0.185. The van der Waals surface area contributed by atoms with E-state index in [0.29, 0.717) is 35.7 Å². The molecular formula is C29H35ClF3NO3. The number of halogens is 4. The van der Waals surface area contributed by atoms with E-state index >= 15 is 0 Å². The van der Waals surface area contributed by atoms with Crippen molar-refractivity contribution in [1.82, 2.24) is 4.90 Å². The predicted molar refractivity (Wildman–Crippen MR) is 138 cm³/mol. The fourth-order valence-corrected chi connectivity index (χ4v) is 6.72. The number of alkyl halides is 3. The number of rotatable bonds is 6. The molecule has 0 radical (unpaired) electrons. The van der Waals surface area contributed by atoms with E-state index in [4.69, 9.17) is 21.1 Å². The SMILES string of the molecule is CC(C)OC(=O)C1CC2CCC(C1)N2Cc1ccc2ccc(OC3CCC(C(F)(F)F)CC3)c(Cl)c2c1. The Bertz CT molecular complexity index is 1120. The van der Waals surface area contributed by atoms with Gasteiger partial charge >= 0.3 is 12.1 Å². The van der Waals surface area contributed by atoms with Gasteiger partial charge in [-0.2, -0.15) is 13.2 Å². The van der Waals surface area contributed by atoms with Gasteiger partial charge in [0.1, 0.15) is 5.75 Å². The molecule has 0 amide bonds. The minimum absolute atomic E-state index is 0.0203. The average molecular weight is 538 g/mol. The number of carbonyl (C=O) groups excluding carboxylic acids is 1. The van der Waals surface area contributed by atoms with E-state index in [1.165, 1.54) is 0 Å². The van der Waals surface area contributed by atoms with Gasteiger partial charge in [-0.1, -0.05) is 29.8 Å². The number of benzene rings is 2. The van der Waals surface area contributed by atoms with Crippen LogP contribution < -0.4 is 4.74 Å². The Hall–Kier alpha value is -1.99. The maximum Gasteiger partial charge on any atom is 0.391 e. The molecule has 2 heterocycles. The lowest BCUT2D eigenvalue weighted by Gasteiger charge is -2.38. The molecule has 2 saturated heterocycles. The minimum Gasteiger partial charge on any atom is -0.489 e. The first-order chi connectivity index (χ1) is 17.6. The van der Waals surface area contributed by atoms with Crippen LogP contribution in [0, 0.1) is 11.8 Å². The van der Waals surface area contributed by atoms with Crippen molar-refractivity contribution in [3.8, 4) is 5.75 Å². The Balaban J connectivity index is 1.26. The van der Waals surface area contributed by atoms with Gasteiger partial charge in [0.2, 0.25) is 0 Å². The van der Waals surface area contributed by atoms with Crippen molar-refractivity contribution in [2.45, 2.75) is 102 Å². The largest absolute Gasteiger partial charge is 0.489 e. The Kier molecular flexibility index (Phi) is 7.65. The molecule has 2 aromatic carbocycles. The van der Waals surface area contributed by atoms with Crippen LogP contribution in [-0.2, 0) is 16.1 Å². The molecule has 1 aliphatic carbocycles. The van der Waals surface area contributed by atoms with Crippen molar-refractivity contribution in [3.63, 3.8) is 0 Å². The highest BCUT2D eigenvalue weighted by Crippen LogP contribution is 2.42. The van der Waals surface area contributed by atoms with Gasteiger partial charge in [-0.25, -0.2) is 0 Å². The van der Waals surface area contributed by atoms with Crippen molar-refractivity contribution < 1.29 is 27.4 Å². The quantitative estimate of drug-likeness (QED) is 0.354. The van der Waals surface area contributed by atoms with Crippen molar-refractivity contribution >= 4 is 28.3 Å². The lowest BCUT2D eigenvalue weighted by atomic mass is 9.87. The Morgan fingerprint density at radius 1 is 1.03 bits per heavy atom. The number of nitrogens with zero attached hydrogens (tertiary/aromatic N) is 1. The average Bonchev–Trinajstić information content (AvgIpc) is 3.06. The van der Waals surface area contributed by atoms with Gasteiger partial charge in [0.25, 0.3) is 0 Å². The highest BCUT2D eigenvalue weighted by Gasteiger charge is 2.44. The smallest absolute Gasteiger partial charge is 0.391 e. The van der Waals surface area contributed by atoms with Crippen LogP contribution in [0.15, 0.2) is 30.3 Å². The third kappa shape index (κ3) is 5.88. The van der Waals surface area contributed by atoms with Gasteiger partial charge in [0.15, 0.2) is 0 Å². The summed E-state index contributed by atoms with van der Waals surface area (Å²) >= 11 is 6.77. The molecule has 2 unspecified atom stereocenters. The first-order valence-corrected chi connectivity index (χ1v) is 13.9. The molecule has 37 heavy (non-hydrogen) atoms. The van der Waals surface area contributed by atoms with Gasteiger partial charge < -0.3 is 9.47 Å². The molecule has 202 valence electrons. The molecule has 0 N–H and O–H groups in total. The Morgan fingerprint density at radius 2 is 1.68 bits per heavy atom. The zero-order valence-corrected chi connectivity index (χ0v) is 22.2. The third-order valence-corrected chi connectivity index (χ3v) is 8.74. The summed E-state index contributed by atoms with van der Waals surface area (Å²) in [5.74, 6) is -0.786. The van der Waals surface area contributed by atoms with Crippen molar-refractivity contribution in [2.24, 2.45) is 11.8 Å². The van der Waals surface area contributed by atoms with E-state index in [1.807, 2.05) is 26.0 Å². The standard InChI is InChI=1S/C29H35ClF3NO3/c1-17(2)36-28(35)20-14-22-8-9-23(15-20)34(22)16-18-3-4-19-5-12-26(27(30)25(19)13-18)37-24-10-6-21(7-11-24)29(31,32)33/h3-5,12-13,17,20-24H,6-11,14-16H2,1-2H3. The first kappa shape index (κ1) is 26.6. The maximum atomic E-state index is 13.0. The summed E-state index contributed by atoms with van der Waals surface area (Å²) in [5, 5.41) is 2.40. The second kappa shape index (κ2) is 10.6. The van der Waals surface area contributed by atoms with Crippen LogP contribution in [0.1, 0.15) is 70.8 Å². The van der Waals surface area contributed by atoms with Crippen LogP contribution in [0.4, 0.5) is 13.2 Å². The molecule has 5 rings (SSSR count). The lowest BCUT2D eigenvalue weighted by Crippen LogP contribution is -2.44. The van der Waals surface area contributed by atoms with Crippen molar-refractivity contribution in [3.05, 3.63) is 40.9 Å². The van der Waals surface area contributed by atoms with E-state index in [9.17, 15) is 18.0 Å². The number of carbonyl (C=O) groups is 1. The van der Waals surface area contributed by atoms with Crippen LogP contribution in [-0.4, -0.2) is 41.3 Å².